The summed E-state index contributed by atoms with van der Waals surface area (Å²) in [5, 5.41) is 6.32. The van der Waals surface area contributed by atoms with E-state index in [2.05, 4.69) is 15.6 Å². The molecule has 1 aromatic heterocycles. The van der Waals surface area contributed by atoms with Crippen LogP contribution < -0.4 is 10.6 Å². The number of nitrogens with one attached hydrogen (secondary N) is 2. The summed E-state index contributed by atoms with van der Waals surface area (Å²) in [6.07, 6.45) is 3.30. The lowest BCUT2D eigenvalue weighted by molar-refractivity contribution is 0.628. The molecule has 2 rings (SSSR count). The molecule has 1 aromatic carbocycles. The van der Waals surface area contributed by atoms with Crippen LogP contribution in [0.25, 0.3) is 0 Å². The molecule has 0 fully saturated rings. The van der Waals surface area contributed by atoms with E-state index in [0.717, 1.165) is 5.69 Å². The van der Waals surface area contributed by atoms with Crippen LogP contribution in [-0.4, -0.2) is 10.1 Å². The molecule has 2 aromatic rings. The molecule has 0 bridgehead atoms. The van der Waals surface area contributed by atoms with Gasteiger partial charge in [-0.25, -0.2) is 4.39 Å². The molecule has 0 spiro atoms. The summed E-state index contributed by atoms with van der Waals surface area (Å²) < 4.78 is 13.0. The number of rotatable bonds is 2. The zero-order chi connectivity index (χ0) is 13.0. The monoisotopic (exact) mass is 281 g/mol. The van der Waals surface area contributed by atoms with Crippen molar-refractivity contribution in [2.45, 2.75) is 0 Å². The molecule has 0 aliphatic rings. The van der Waals surface area contributed by atoms with Gasteiger partial charge in [0.25, 0.3) is 0 Å². The SMILES string of the molecule is Fc1ccc(NC(=S)Nc2ccncc2)cc1Cl. The van der Waals surface area contributed by atoms with Gasteiger partial charge in [0, 0.05) is 23.8 Å². The molecule has 0 unspecified atom stereocenters. The molecular weight excluding hydrogens is 273 g/mol. The van der Waals surface area contributed by atoms with Crippen LogP contribution in [0.2, 0.25) is 5.02 Å². The standard InChI is InChI=1S/C12H9ClFN3S/c13-10-7-9(1-2-11(10)14)17-12(18)16-8-3-5-15-6-4-8/h1-7H,(H2,15,16,17,18). The third-order valence-electron chi connectivity index (χ3n) is 2.12. The number of nitrogens with zero attached hydrogens (tertiary/aromatic N) is 1. The third-order valence-corrected chi connectivity index (χ3v) is 2.61. The molecule has 3 nitrogen and oxygen atoms in total. The Balaban J connectivity index is 2.01. The first kappa shape index (κ1) is 12.7. The number of benzene rings is 1. The third kappa shape index (κ3) is 3.38. The van der Waals surface area contributed by atoms with Crippen molar-refractivity contribution in [3.05, 3.63) is 53.6 Å². The second-order valence-corrected chi connectivity index (χ2v) is 4.26. The molecule has 2 N–H and O–H groups in total. The quantitative estimate of drug-likeness (QED) is 0.824. The Morgan fingerprint density at radius 2 is 1.78 bits per heavy atom. The minimum absolute atomic E-state index is 0.0479. The first-order valence-electron chi connectivity index (χ1n) is 5.08. The van der Waals surface area contributed by atoms with Crippen molar-refractivity contribution in [2.24, 2.45) is 0 Å². The Hall–Kier alpha value is -1.72. The lowest BCUT2D eigenvalue weighted by Gasteiger charge is -2.10. The molecule has 0 aliphatic carbocycles. The van der Waals surface area contributed by atoms with E-state index in [4.69, 9.17) is 23.8 Å². The maximum Gasteiger partial charge on any atom is 0.175 e. The van der Waals surface area contributed by atoms with Crippen molar-refractivity contribution in [2.75, 3.05) is 10.6 Å². The summed E-state index contributed by atoms with van der Waals surface area (Å²) in [5.74, 6) is -0.463. The molecule has 0 saturated carbocycles. The van der Waals surface area contributed by atoms with Crippen LogP contribution in [0.3, 0.4) is 0 Å². The number of aromatic nitrogens is 1. The van der Waals surface area contributed by atoms with Crippen molar-refractivity contribution in [1.82, 2.24) is 4.98 Å². The van der Waals surface area contributed by atoms with Crippen molar-refractivity contribution in [1.29, 1.82) is 0 Å². The van der Waals surface area contributed by atoms with Gasteiger partial charge < -0.3 is 10.6 Å². The van der Waals surface area contributed by atoms with Gasteiger partial charge in [-0.2, -0.15) is 0 Å². The summed E-state index contributed by atoms with van der Waals surface area (Å²) in [6.45, 7) is 0. The van der Waals surface area contributed by atoms with Crippen molar-refractivity contribution < 1.29 is 4.39 Å². The highest BCUT2D eigenvalue weighted by Crippen LogP contribution is 2.19. The Kier molecular flexibility index (Phi) is 4.07. The fourth-order valence-electron chi connectivity index (χ4n) is 1.30. The van der Waals surface area contributed by atoms with Gasteiger partial charge in [-0.05, 0) is 42.5 Å². The average molecular weight is 282 g/mol. The van der Waals surface area contributed by atoms with Crippen LogP contribution in [0.4, 0.5) is 15.8 Å². The lowest BCUT2D eigenvalue weighted by Crippen LogP contribution is -2.19. The molecule has 18 heavy (non-hydrogen) atoms. The van der Waals surface area contributed by atoms with Crippen molar-refractivity contribution >= 4 is 40.3 Å². The second-order valence-electron chi connectivity index (χ2n) is 3.44. The van der Waals surface area contributed by atoms with Crippen molar-refractivity contribution in [3.63, 3.8) is 0 Å². The van der Waals surface area contributed by atoms with Crippen LogP contribution in [0.5, 0.6) is 0 Å². The number of thiocarbonyl (C=S) groups is 1. The minimum atomic E-state index is -0.463. The first-order chi connectivity index (χ1) is 8.65. The number of halogens is 2. The van der Waals surface area contributed by atoms with Gasteiger partial charge in [-0.1, -0.05) is 11.6 Å². The maximum absolute atomic E-state index is 13.0. The maximum atomic E-state index is 13.0. The highest BCUT2D eigenvalue weighted by molar-refractivity contribution is 7.80. The van der Waals surface area contributed by atoms with E-state index in [1.165, 1.54) is 12.1 Å². The predicted molar refractivity (Wildman–Crippen MR) is 75.5 cm³/mol. The molecular formula is C12H9ClFN3S. The number of pyridine rings is 1. The summed E-state index contributed by atoms with van der Waals surface area (Å²) in [6, 6.07) is 7.87. The Labute approximate surface area is 114 Å². The number of hydrogen-bond donors (Lipinski definition) is 2. The zero-order valence-electron chi connectivity index (χ0n) is 9.15. The highest BCUT2D eigenvalue weighted by Gasteiger charge is 2.02. The van der Waals surface area contributed by atoms with Gasteiger partial charge in [-0.15, -0.1) is 0 Å². The zero-order valence-corrected chi connectivity index (χ0v) is 10.7. The van der Waals surface area contributed by atoms with Gasteiger partial charge >= 0.3 is 0 Å². The average Bonchev–Trinajstić information content (AvgIpc) is 2.35. The van der Waals surface area contributed by atoms with Gasteiger partial charge in [-0.3, -0.25) is 4.98 Å². The highest BCUT2D eigenvalue weighted by atomic mass is 35.5. The largest absolute Gasteiger partial charge is 0.332 e. The summed E-state index contributed by atoms with van der Waals surface area (Å²) in [7, 11) is 0. The summed E-state index contributed by atoms with van der Waals surface area (Å²) in [4.78, 5) is 3.90. The fraction of sp³-hybridized carbons (Fsp3) is 0. The van der Waals surface area contributed by atoms with E-state index in [9.17, 15) is 4.39 Å². The topological polar surface area (TPSA) is 37.0 Å². The first-order valence-corrected chi connectivity index (χ1v) is 5.87. The molecule has 6 heteroatoms. The normalized spacial score (nSPS) is 9.89. The fourth-order valence-corrected chi connectivity index (χ4v) is 1.72. The van der Waals surface area contributed by atoms with Crippen LogP contribution >= 0.6 is 23.8 Å². The van der Waals surface area contributed by atoms with Crippen LogP contribution in [-0.2, 0) is 0 Å². The van der Waals surface area contributed by atoms with Crippen LogP contribution in [0, 0.1) is 5.82 Å². The Bertz CT molecular complexity index is 563. The van der Waals surface area contributed by atoms with E-state index in [-0.39, 0.29) is 5.02 Å². The molecule has 1 heterocycles. The van der Waals surface area contributed by atoms with Gasteiger partial charge in [0.05, 0.1) is 5.02 Å². The Morgan fingerprint density at radius 3 is 2.44 bits per heavy atom. The lowest BCUT2D eigenvalue weighted by atomic mass is 10.3. The van der Waals surface area contributed by atoms with E-state index in [1.807, 2.05) is 0 Å². The molecule has 0 aliphatic heterocycles. The molecule has 0 amide bonds. The molecule has 0 atom stereocenters. The van der Waals surface area contributed by atoms with Crippen LogP contribution in [0.1, 0.15) is 0 Å². The summed E-state index contributed by atoms with van der Waals surface area (Å²) >= 11 is 10.8. The Morgan fingerprint density at radius 1 is 1.11 bits per heavy atom. The van der Waals surface area contributed by atoms with Crippen LogP contribution in [0.15, 0.2) is 42.7 Å². The van der Waals surface area contributed by atoms with E-state index in [1.54, 1.807) is 30.6 Å². The van der Waals surface area contributed by atoms with Gasteiger partial charge in [0.15, 0.2) is 5.11 Å². The number of anilines is 2. The number of hydrogen-bond acceptors (Lipinski definition) is 2. The van der Waals surface area contributed by atoms with E-state index in [0.29, 0.717) is 10.8 Å². The predicted octanol–water partition coefficient (Wildman–Crippen LogP) is 3.68. The molecule has 0 radical (unpaired) electrons. The van der Waals surface area contributed by atoms with E-state index >= 15 is 0 Å². The molecule has 0 saturated heterocycles. The van der Waals surface area contributed by atoms with Crippen molar-refractivity contribution in [3.8, 4) is 0 Å². The smallest absolute Gasteiger partial charge is 0.175 e. The van der Waals surface area contributed by atoms with Gasteiger partial charge in [0.2, 0.25) is 0 Å². The van der Waals surface area contributed by atoms with E-state index < -0.39 is 5.82 Å². The second kappa shape index (κ2) is 5.75. The molecule has 92 valence electrons. The van der Waals surface area contributed by atoms with Gasteiger partial charge in [0.1, 0.15) is 5.82 Å². The minimum Gasteiger partial charge on any atom is -0.332 e. The summed E-state index contributed by atoms with van der Waals surface area (Å²) in [5.41, 5.74) is 1.43.